The lowest BCUT2D eigenvalue weighted by Gasteiger charge is -2.03. The van der Waals surface area contributed by atoms with Crippen LogP contribution in [-0.4, -0.2) is 19.2 Å². The maximum atomic E-state index is 9.19. The van der Waals surface area contributed by atoms with Crippen molar-refractivity contribution in [2.75, 3.05) is 6.26 Å². The maximum absolute atomic E-state index is 9.19. The smallest absolute Gasteiger partial charge is 0.261 e. The van der Waals surface area contributed by atoms with Gasteiger partial charge in [-0.25, -0.2) is 0 Å². The number of rotatable bonds is 1. The zero-order valence-corrected chi connectivity index (χ0v) is 10.7. The average molecular weight is 248 g/mol. The van der Waals surface area contributed by atoms with Gasteiger partial charge in [0.2, 0.25) is 0 Å². The Morgan fingerprint density at radius 2 is 1.53 bits per heavy atom. The second-order valence-corrected chi connectivity index (χ2v) is 5.46. The third kappa shape index (κ3) is 9.78. The lowest BCUT2D eigenvalue weighted by atomic mass is 10.0. The molecule has 0 saturated heterocycles. The van der Waals surface area contributed by atoms with Crippen LogP contribution in [0.5, 0.6) is 0 Å². The quantitative estimate of drug-likeness (QED) is 0.593. The molecule has 0 amide bonds. The minimum absolute atomic E-state index is 0.619. The fourth-order valence-electron chi connectivity index (χ4n) is 0.859. The fraction of sp³-hybridized carbons (Fsp3) is 0.400. The molecule has 1 aromatic carbocycles. The van der Waals surface area contributed by atoms with Gasteiger partial charge in [-0.2, -0.15) is 8.42 Å². The maximum Gasteiger partial charge on any atom is 0.261 e. The number of hydrogen-bond acceptors (Lipinski definition) is 3. The Morgan fingerprint density at radius 3 is 1.80 bits per heavy atom. The highest BCUT2D eigenvalue weighted by Gasteiger charge is 1.95. The van der Waals surface area contributed by atoms with E-state index in [4.69, 9.17) is 4.55 Å². The predicted molar refractivity (Wildman–Crippen MR) is 65.3 cm³/mol. The Kier molecular flexibility index (Phi) is 5.93. The van der Waals surface area contributed by atoms with Crippen LogP contribution in [-0.2, 0) is 10.1 Å². The van der Waals surface area contributed by atoms with Gasteiger partial charge in [-0.15, -0.1) is 12.6 Å². The van der Waals surface area contributed by atoms with Crippen molar-refractivity contribution in [3.8, 4) is 0 Å². The summed E-state index contributed by atoms with van der Waals surface area (Å²) in [4.78, 5) is 1.03. The van der Waals surface area contributed by atoms with Crippen molar-refractivity contribution < 1.29 is 13.0 Å². The molecule has 3 nitrogen and oxygen atoms in total. The van der Waals surface area contributed by atoms with E-state index in [2.05, 4.69) is 38.6 Å². The highest BCUT2D eigenvalue weighted by Crippen LogP contribution is 2.15. The average Bonchev–Trinajstić information content (AvgIpc) is 2.01. The Morgan fingerprint density at radius 1 is 1.20 bits per heavy atom. The number of thiol groups is 1. The predicted octanol–water partition coefficient (Wildman–Crippen LogP) is 2.60. The summed E-state index contributed by atoms with van der Waals surface area (Å²) in [7, 11) is -3.67. The van der Waals surface area contributed by atoms with Crippen LogP contribution in [0.3, 0.4) is 0 Å². The molecule has 0 radical (unpaired) electrons. The molecule has 1 aromatic rings. The zero-order valence-electron chi connectivity index (χ0n) is 9.01. The molecule has 86 valence electrons. The summed E-state index contributed by atoms with van der Waals surface area (Å²) < 4.78 is 25.9. The molecule has 0 spiro atoms. The fourth-order valence-corrected chi connectivity index (χ4v) is 1.01. The molecular weight excluding hydrogens is 232 g/mol. The highest BCUT2D eigenvalue weighted by molar-refractivity contribution is 7.85. The molecule has 0 unspecified atom stereocenters. The van der Waals surface area contributed by atoms with Gasteiger partial charge in [-0.05, 0) is 23.6 Å². The van der Waals surface area contributed by atoms with Gasteiger partial charge in [0.25, 0.3) is 10.1 Å². The minimum atomic E-state index is -3.67. The zero-order chi connectivity index (χ0) is 12.1. The lowest BCUT2D eigenvalue weighted by molar-refractivity contribution is 0.490. The summed E-state index contributed by atoms with van der Waals surface area (Å²) in [5.41, 5.74) is 1.37. The first-order valence-corrected chi connectivity index (χ1v) is 6.71. The minimum Gasteiger partial charge on any atom is -0.286 e. The molecule has 0 fully saturated rings. The van der Waals surface area contributed by atoms with Crippen molar-refractivity contribution in [3.63, 3.8) is 0 Å². The third-order valence-corrected chi connectivity index (χ3v) is 1.86. The number of hydrogen-bond donors (Lipinski definition) is 2. The van der Waals surface area contributed by atoms with Gasteiger partial charge in [0, 0.05) is 4.90 Å². The first-order chi connectivity index (χ1) is 6.70. The van der Waals surface area contributed by atoms with Crippen LogP contribution in [0.25, 0.3) is 0 Å². The van der Waals surface area contributed by atoms with Gasteiger partial charge < -0.3 is 0 Å². The van der Waals surface area contributed by atoms with Crippen LogP contribution in [0.1, 0.15) is 25.3 Å². The monoisotopic (exact) mass is 248 g/mol. The molecule has 0 bridgehead atoms. The number of benzene rings is 1. The van der Waals surface area contributed by atoms with Gasteiger partial charge in [-0.3, -0.25) is 4.55 Å². The van der Waals surface area contributed by atoms with E-state index in [-0.39, 0.29) is 0 Å². The van der Waals surface area contributed by atoms with Crippen molar-refractivity contribution in [1.29, 1.82) is 0 Å². The Hall–Kier alpha value is -0.520. The van der Waals surface area contributed by atoms with E-state index in [1.54, 1.807) is 0 Å². The molecule has 0 saturated carbocycles. The molecule has 15 heavy (non-hydrogen) atoms. The van der Waals surface area contributed by atoms with Gasteiger partial charge >= 0.3 is 0 Å². The molecule has 1 rings (SSSR count). The lowest BCUT2D eigenvalue weighted by Crippen LogP contribution is -1.88. The molecule has 5 heteroatoms. The molecule has 0 atom stereocenters. The normalized spacial score (nSPS) is 10.8. The van der Waals surface area contributed by atoms with E-state index in [0.29, 0.717) is 12.2 Å². The van der Waals surface area contributed by atoms with Crippen molar-refractivity contribution in [2.45, 2.75) is 24.7 Å². The van der Waals surface area contributed by atoms with Gasteiger partial charge in [0.15, 0.2) is 0 Å². The van der Waals surface area contributed by atoms with E-state index in [9.17, 15) is 8.42 Å². The Balaban J connectivity index is 0.000000336. The van der Waals surface area contributed by atoms with E-state index in [0.717, 1.165) is 4.90 Å². The molecule has 1 N–H and O–H groups in total. The van der Waals surface area contributed by atoms with Crippen molar-refractivity contribution in [3.05, 3.63) is 29.8 Å². The standard InChI is InChI=1S/C9H12S.CH4O3S/c1-7(2)8-3-5-9(10)6-4-8;1-5(2,3)4/h3-7,10H,1-2H3;1H3,(H,2,3,4). The van der Waals surface area contributed by atoms with Crippen molar-refractivity contribution >= 4 is 22.7 Å². The highest BCUT2D eigenvalue weighted by atomic mass is 32.2. The van der Waals surface area contributed by atoms with E-state index in [1.165, 1.54) is 5.56 Å². The van der Waals surface area contributed by atoms with Crippen LogP contribution in [0, 0.1) is 0 Å². The van der Waals surface area contributed by atoms with Gasteiger partial charge in [0.1, 0.15) is 0 Å². The van der Waals surface area contributed by atoms with Gasteiger partial charge in [-0.1, -0.05) is 26.0 Å². The summed E-state index contributed by atoms with van der Waals surface area (Å²) >= 11 is 4.20. The Labute approximate surface area is 96.7 Å². The first-order valence-electron chi connectivity index (χ1n) is 4.41. The topological polar surface area (TPSA) is 54.4 Å². The van der Waals surface area contributed by atoms with Crippen LogP contribution in [0.4, 0.5) is 0 Å². The molecule has 0 aliphatic carbocycles. The van der Waals surface area contributed by atoms with Crippen LogP contribution >= 0.6 is 12.6 Å². The summed E-state index contributed by atoms with van der Waals surface area (Å²) in [5.74, 6) is 0.619. The largest absolute Gasteiger partial charge is 0.286 e. The molecule has 0 aromatic heterocycles. The second-order valence-electron chi connectivity index (χ2n) is 3.48. The first kappa shape index (κ1) is 14.5. The van der Waals surface area contributed by atoms with E-state index in [1.807, 2.05) is 12.1 Å². The second kappa shape index (κ2) is 6.15. The van der Waals surface area contributed by atoms with Crippen LogP contribution in [0.2, 0.25) is 0 Å². The van der Waals surface area contributed by atoms with Gasteiger partial charge in [0.05, 0.1) is 6.26 Å². The van der Waals surface area contributed by atoms with E-state index < -0.39 is 10.1 Å². The summed E-state index contributed by atoms with van der Waals surface area (Å²) in [6.45, 7) is 4.38. The Bertz CT molecular complexity index is 372. The summed E-state index contributed by atoms with van der Waals surface area (Å²) in [6.07, 6.45) is 0.715. The molecule has 0 aliphatic heterocycles. The third-order valence-electron chi connectivity index (χ3n) is 1.56. The summed E-state index contributed by atoms with van der Waals surface area (Å²) in [6, 6.07) is 8.29. The van der Waals surface area contributed by atoms with E-state index >= 15 is 0 Å². The van der Waals surface area contributed by atoms with Crippen LogP contribution < -0.4 is 0 Å². The molecular formula is C10H16O3S2. The molecule has 0 aliphatic rings. The van der Waals surface area contributed by atoms with Crippen LogP contribution in [0.15, 0.2) is 29.2 Å². The van der Waals surface area contributed by atoms with Crippen molar-refractivity contribution in [2.24, 2.45) is 0 Å². The van der Waals surface area contributed by atoms with Crippen molar-refractivity contribution in [1.82, 2.24) is 0 Å². The summed E-state index contributed by atoms with van der Waals surface area (Å²) in [5, 5.41) is 0. The molecule has 0 heterocycles. The SMILES string of the molecule is CC(C)c1ccc(S)cc1.CS(=O)(=O)O.